The van der Waals surface area contributed by atoms with Crippen LogP contribution in [0, 0.1) is 22.5 Å². The highest BCUT2D eigenvalue weighted by Gasteiger charge is 2.54. The van der Waals surface area contributed by atoms with Gasteiger partial charge in [0.15, 0.2) is 5.82 Å². The maximum absolute atomic E-state index is 10.3. The van der Waals surface area contributed by atoms with E-state index in [0.717, 1.165) is 49.8 Å². The van der Waals surface area contributed by atoms with Crippen LogP contribution in [0.2, 0.25) is 0 Å². The molecular weight excluding hydrogens is 492 g/mol. The second-order valence-electron chi connectivity index (χ2n) is 12.0. The maximum Gasteiger partial charge on any atom is 0.220 e. The second kappa shape index (κ2) is 9.65. The van der Waals surface area contributed by atoms with E-state index in [2.05, 4.69) is 40.1 Å². The van der Waals surface area contributed by atoms with Crippen molar-refractivity contribution >= 4 is 24.1 Å². The summed E-state index contributed by atoms with van der Waals surface area (Å²) in [5.41, 5.74) is 2.04. The zero-order chi connectivity index (χ0) is 25.7. The number of rotatable bonds is 6. The number of hydrogen-bond donors (Lipinski definition) is 1. The summed E-state index contributed by atoms with van der Waals surface area (Å²) in [5.74, 6) is 3.68. The van der Waals surface area contributed by atoms with Crippen LogP contribution < -0.4 is 4.90 Å². The van der Waals surface area contributed by atoms with Crippen LogP contribution >= 0.6 is 12.2 Å². The molecule has 5 aliphatic rings. The Bertz CT molecular complexity index is 1350. The molecule has 0 radical (unpaired) electrons. The predicted octanol–water partition coefficient (Wildman–Crippen LogP) is 5.25. The molecule has 1 aromatic heterocycles. The van der Waals surface area contributed by atoms with Gasteiger partial charge in [-0.05, 0) is 92.8 Å². The van der Waals surface area contributed by atoms with Crippen LogP contribution in [0.25, 0.3) is 0 Å². The molecule has 3 aromatic rings. The van der Waals surface area contributed by atoms with Gasteiger partial charge in [-0.2, -0.15) is 14.9 Å². The number of hydrogen-bond acceptors (Lipinski definition) is 6. The van der Waals surface area contributed by atoms with Crippen LogP contribution in [0.3, 0.4) is 0 Å². The molecule has 1 saturated heterocycles. The number of aromatic hydroxyl groups is 1. The van der Waals surface area contributed by atoms with Crippen molar-refractivity contribution in [3.63, 3.8) is 0 Å². The summed E-state index contributed by atoms with van der Waals surface area (Å²) in [6.07, 6.45) is 9.49. The van der Waals surface area contributed by atoms with Gasteiger partial charge in [0.05, 0.1) is 12.9 Å². The van der Waals surface area contributed by atoms with Gasteiger partial charge < -0.3 is 10.0 Å². The van der Waals surface area contributed by atoms with Crippen molar-refractivity contribution in [2.45, 2.75) is 50.6 Å². The number of phenolic OH excluding ortho intramolecular Hbond substituents is 1. The molecule has 0 unspecified atom stereocenters. The summed E-state index contributed by atoms with van der Waals surface area (Å²) in [6.45, 7) is 4.60. The molecule has 198 valence electrons. The molecule has 4 saturated carbocycles. The molecule has 2 aromatic carbocycles. The highest BCUT2D eigenvalue weighted by molar-refractivity contribution is 7.71. The van der Waals surface area contributed by atoms with E-state index in [1.807, 2.05) is 27.6 Å². The summed E-state index contributed by atoms with van der Waals surface area (Å²) in [4.78, 5) is 4.90. The van der Waals surface area contributed by atoms with Crippen LogP contribution in [-0.4, -0.2) is 56.9 Å². The minimum absolute atomic E-state index is 0.0651. The van der Waals surface area contributed by atoms with Crippen molar-refractivity contribution in [3.8, 4) is 5.75 Å². The average Bonchev–Trinajstić information content (AvgIpc) is 3.24. The Kier molecular flexibility index (Phi) is 6.12. The number of phenols is 1. The summed E-state index contributed by atoms with van der Waals surface area (Å²) in [6, 6.07) is 18.0. The van der Waals surface area contributed by atoms with Crippen molar-refractivity contribution in [1.82, 2.24) is 19.4 Å². The zero-order valence-corrected chi connectivity index (χ0v) is 22.6. The maximum atomic E-state index is 10.3. The molecular formula is C30H36N6OS. The molecule has 38 heavy (non-hydrogen) atoms. The Morgan fingerprint density at radius 1 is 0.895 bits per heavy atom. The summed E-state index contributed by atoms with van der Waals surface area (Å²) in [5, 5.41) is 20.5. The van der Waals surface area contributed by atoms with Crippen LogP contribution in [0.4, 0.5) is 5.69 Å². The SMILES string of the molecule is Oc1ccccc1/C=N/n1c(C23CC4CC(CC(C4)C2)C3)nn(CN2CCN(c3ccccc3)CC2)c1=S. The van der Waals surface area contributed by atoms with Gasteiger partial charge in [0, 0.05) is 42.8 Å². The van der Waals surface area contributed by atoms with Gasteiger partial charge in [-0.15, -0.1) is 0 Å². The quantitative estimate of drug-likeness (QED) is 0.350. The van der Waals surface area contributed by atoms with E-state index in [4.69, 9.17) is 22.4 Å². The molecule has 1 aliphatic heterocycles. The fourth-order valence-corrected chi connectivity index (χ4v) is 8.24. The third-order valence-electron chi connectivity index (χ3n) is 9.41. The van der Waals surface area contributed by atoms with Crippen molar-refractivity contribution in [2.75, 3.05) is 31.1 Å². The average molecular weight is 529 g/mol. The third kappa shape index (κ3) is 4.37. The van der Waals surface area contributed by atoms with Gasteiger partial charge in [-0.25, -0.2) is 4.68 Å². The zero-order valence-electron chi connectivity index (χ0n) is 21.8. The second-order valence-corrected chi connectivity index (χ2v) is 12.4. The fraction of sp³-hybridized carbons (Fsp3) is 0.500. The van der Waals surface area contributed by atoms with Crippen LogP contribution in [-0.2, 0) is 12.1 Å². The number of aromatic nitrogens is 3. The highest BCUT2D eigenvalue weighted by atomic mass is 32.1. The summed E-state index contributed by atoms with van der Waals surface area (Å²) in [7, 11) is 0. The Labute approximate surface area is 229 Å². The molecule has 8 rings (SSSR count). The van der Waals surface area contributed by atoms with Gasteiger partial charge in [0.25, 0.3) is 0 Å². The summed E-state index contributed by atoms with van der Waals surface area (Å²) < 4.78 is 4.58. The van der Waals surface area contributed by atoms with E-state index in [0.29, 0.717) is 17.0 Å². The predicted molar refractivity (Wildman–Crippen MR) is 152 cm³/mol. The van der Waals surface area contributed by atoms with E-state index in [1.54, 1.807) is 12.3 Å². The molecule has 1 N–H and O–H groups in total. The first-order valence-corrected chi connectivity index (χ1v) is 14.5. The molecule has 8 heteroatoms. The van der Waals surface area contributed by atoms with Crippen molar-refractivity contribution in [1.29, 1.82) is 0 Å². The molecule has 2 heterocycles. The number of benzene rings is 2. The third-order valence-corrected chi connectivity index (χ3v) is 9.79. The van der Waals surface area contributed by atoms with Gasteiger partial charge >= 0.3 is 0 Å². The molecule has 5 fully saturated rings. The lowest BCUT2D eigenvalue weighted by Gasteiger charge is -2.55. The van der Waals surface area contributed by atoms with Crippen molar-refractivity contribution in [2.24, 2.45) is 22.9 Å². The first-order valence-electron chi connectivity index (χ1n) is 14.1. The molecule has 0 spiro atoms. The number of piperazine rings is 1. The standard InChI is InChI=1S/C30H36N6OS/c37-27-9-5-4-6-25(27)20-31-36-28(30-17-22-14-23(18-30)16-24(15-22)19-30)32-35(29(36)38)21-33-10-12-34(13-11-33)26-7-2-1-3-8-26/h1-9,20,22-24,37H,10-19,21H2/b31-20+. The first-order chi connectivity index (χ1) is 18.6. The van der Waals surface area contributed by atoms with Gasteiger partial charge in [0.1, 0.15) is 5.75 Å². The van der Waals surface area contributed by atoms with E-state index in [1.165, 1.54) is 44.2 Å². The number of nitrogens with zero attached hydrogens (tertiary/aromatic N) is 6. The Morgan fingerprint density at radius 2 is 1.53 bits per heavy atom. The van der Waals surface area contributed by atoms with Gasteiger partial charge in [-0.3, -0.25) is 4.90 Å². The van der Waals surface area contributed by atoms with Gasteiger partial charge in [-0.1, -0.05) is 30.3 Å². The molecule has 7 nitrogen and oxygen atoms in total. The Balaban J connectivity index is 1.18. The molecule has 0 amide bonds. The molecule has 0 atom stereocenters. The molecule has 4 aliphatic carbocycles. The Morgan fingerprint density at radius 3 is 2.18 bits per heavy atom. The van der Waals surface area contributed by atoms with Crippen LogP contribution in [0.1, 0.15) is 49.9 Å². The minimum atomic E-state index is 0.0651. The normalized spacial score (nSPS) is 28.9. The van der Waals surface area contributed by atoms with Crippen LogP contribution in [0.15, 0.2) is 59.7 Å². The van der Waals surface area contributed by atoms with Crippen LogP contribution in [0.5, 0.6) is 5.75 Å². The number of para-hydroxylation sites is 2. The topological polar surface area (TPSA) is 61.8 Å². The summed E-state index contributed by atoms with van der Waals surface area (Å²) >= 11 is 6.03. The lowest BCUT2D eigenvalue weighted by molar-refractivity contribution is -0.0112. The van der Waals surface area contributed by atoms with Crippen molar-refractivity contribution < 1.29 is 5.11 Å². The van der Waals surface area contributed by atoms with E-state index in [-0.39, 0.29) is 11.2 Å². The highest BCUT2D eigenvalue weighted by Crippen LogP contribution is 2.60. The fourth-order valence-electron chi connectivity index (χ4n) is 8.00. The number of anilines is 1. The van der Waals surface area contributed by atoms with E-state index < -0.39 is 0 Å². The Hall–Kier alpha value is -2.97. The largest absolute Gasteiger partial charge is 0.507 e. The molecule has 4 bridgehead atoms. The van der Waals surface area contributed by atoms with E-state index >= 15 is 0 Å². The smallest absolute Gasteiger partial charge is 0.220 e. The van der Waals surface area contributed by atoms with E-state index in [9.17, 15) is 5.11 Å². The monoisotopic (exact) mass is 528 g/mol. The first kappa shape index (κ1) is 24.1. The minimum Gasteiger partial charge on any atom is -0.507 e. The van der Waals surface area contributed by atoms with Gasteiger partial charge in [0.2, 0.25) is 4.77 Å². The lowest BCUT2D eigenvalue weighted by Crippen LogP contribution is -2.49. The van der Waals surface area contributed by atoms with Crippen molar-refractivity contribution in [3.05, 3.63) is 70.8 Å². The lowest BCUT2D eigenvalue weighted by atomic mass is 9.49.